The maximum absolute atomic E-state index is 5.60. The van der Waals surface area contributed by atoms with E-state index in [-0.39, 0.29) is 6.79 Å². The summed E-state index contributed by atoms with van der Waals surface area (Å²) in [5.41, 5.74) is 1.93. The number of hydrogen-bond acceptors (Lipinski definition) is 5. The predicted molar refractivity (Wildman–Crippen MR) is 101 cm³/mol. The summed E-state index contributed by atoms with van der Waals surface area (Å²) >= 11 is 0. The summed E-state index contributed by atoms with van der Waals surface area (Å²) in [6.45, 7) is 3.38. The highest BCUT2D eigenvalue weighted by atomic mass is 16.7. The zero-order chi connectivity index (χ0) is 18.4. The molecule has 1 aliphatic rings. The summed E-state index contributed by atoms with van der Waals surface area (Å²) in [6, 6.07) is 11.5. The molecule has 1 aliphatic heterocycles. The molecule has 0 amide bonds. The average Bonchev–Trinajstić information content (AvgIpc) is 3.13. The van der Waals surface area contributed by atoms with Crippen molar-refractivity contribution in [3.05, 3.63) is 42.0 Å². The van der Waals surface area contributed by atoms with Crippen molar-refractivity contribution >= 4 is 11.6 Å². The first-order chi connectivity index (χ1) is 12.7. The Morgan fingerprint density at radius 2 is 1.96 bits per heavy atom. The SMILES string of the molecule is CCOc1cc(NC(=NC)NCc2ccc3c(c2)OCO3)ccc1OC. The Hall–Kier alpha value is -3.09. The smallest absolute Gasteiger partial charge is 0.231 e. The fourth-order valence-electron chi connectivity index (χ4n) is 2.58. The van der Waals surface area contributed by atoms with Gasteiger partial charge in [-0.3, -0.25) is 4.99 Å². The van der Waals surface area contributed by atoms with Gasteiger partial charge >= 0.3 is 0 Å². The van der Waals surface area contributed by atoms with Crippen LogP contribution in [-0.2, 0) is 6.54 Å². The van der Waals surface area contributed by atoms with Gasteiger partial charge in [0, 0.05) is 25.3 Å². The Balaban J connectivity index is 1.63. The minimum Gasteiger partial charge on any atom is -0.493 e. The number of hydrogen-bond donors (Lipinski definition) is 2. The minimum atomic E-state index is 0.273. The van der Waals surface area contributed by atoms with E-state index in [1.54, 1.807) is 14.2 Å². The van der Waals surface area contributed by atoms with Crippen LogP contribution < -0.4 is 29.6 Å². The van der Waals surface area contributed by atoms with Gasteiger partial charge in [-0.05, 0) is 36.8 Å². The molecule has 7 nitrogen and oxygen atoms in total. The number of nitrogens with one attached hydrogen (secondary N) is 2. The molecule has 26 heavy (non-hydrogen) atoms. The molecule has 2 aromatic rings. The summed E-state index contributed by atoms with van der Waals surface area (Å²) in [5.74, 6) is 3.57. The topological polar surface area (TPSA) is 73.3 Å². The fourth-order valence-corrected chi connectivity index (χ4v) is 2.58. The molecule has 7 heteroatoms. The lowest BCUT2D eigenvalue weighted by molar-refractivity contribution is 0.174. The monoisotopic (exact) mass is 357 g/mol. The van der Waals surface area contributed by atoms with E-state index in [1.165, 1.54) is 0 Å². The highest BCUT2D eigenvalue weighted by Gasteiger charge is 2.13. The molecule has 2 aromatic carbocycles. The van der Waals surface area contributed by atoms with Crippen LogP contribution in [0.15, 0.2) is 41.4 Å². The molecule has 0 aliphatic carbocycles. The zero-order valence-corrected chi connectivity index (χ0v) is 15.2. The Labute approximate surface area is 152 Å². The lowest BCUT2D eigenvalue weighted by atomic mass is 10.2. The van der Waals surface area contributed by atoms with Gasteiger partial charge in [0.25, 0.3) is 0 Å². The summed E-state index contributed by atoms with van der Waals surface area (Å²) in [6.07, 6.45) is 0. The molecule has 0 fully saturated rings. The number of benzene rings is 2. The molecule has 2 N–H and O–H groups in total. The average molecular weight is 357 g/mol. The standard InChI is InChI=1S/C19H23N3O4/c1-4-24-18-10-14(6-8-15(18)23-3)22-19(20-2)21-11-13-5-7-16-17(9-13)26-12-25-16/h5-10H,4,11-12H2,1-3H3,(H2,20,21,22). The number of methoxy groups -OCH3 is 1. The van der Waals surface area contributed by atoms with Crippen molar-refractivity contribution < 1.29 is 18.9 Å². The van der Waals surface area contributed by atoms with Gasteiger partial charge in [0.05, 0.1) is 13.7 Å². The van der Waals surface area contributed by atoms with Crippen LogP contribution in [0.25, 0.3) is 0 Å². The van der Waals surface area contributed by atoms with Crippen LogP contribution in [0.1, 0.15) is 12.5 Å². The number of rotatable bonds is 6. The Kier molecular flexibility index (Phi) is 5.68. The summed E-state index contributed by atoms with van der Waals surface area (Å²) in [7, 11) is 3.35. The normalized spacial score (nSPS) is 12.7. The minimum absolute atomic E-state index is 0.273. The van der Waals surface area contributed by atoms with E-state index in [0.717, 1.165) is 22.7 Å². The van der Waals surface area contributed by atoms with Crippen LogP contribution in [0, 0.1) is 0 Å². The zero-order valence-electron chi connectivity index (χ0n) is 15.2. The summed E-state index contributed by atoms with van der Waals surface area (Å²) in [5, 5.41) is 6.52. The van der Waals surface area contributed by atoms with Gasteiger partial charge < -0.3 is 29.6 Å². The van der Waals surface area contributed by atoms with Gasteiger partial charge in [0.15, 0.2) is 29.0 Å². The van der Waals surface area contributed by atoms with Crippen molar-refractivity contribution in [3.63, 3.8) is 0 Å². The molecule has 0 unspecified atom stereocenters. The molecule has 138 valence electrons. The first-order valence-electron chi connectivity index (χ1n) is 8.40. The third kappa shape index (κ3) is 4.11. The second kappa shape index (κ2) is 8.33. The molecule has 0 bridgehead atoms. The van der Waals surface area contributed by atoms with Crippen LogP contribution in [0.5, 0.6) is 23.0 Å². The highest BCUT2D eigenvalue weighted by molar-refractivity contribution is 5.93. The first kappa shape index (κ1) is 17.7. The van der Waals surface area contributed by atoms with Crippen molar-refractivity contribution in [1.82, 2.24) is 5.32 Å². The quantitative estimate of drug-likeness (QED) is 0.612. The Bertz CT molecular complexity index is 792. The number of fused-ring (bicyclic) bond motifs is 1. The molecular weight excluding hydrogens is 334 g/mol. The van der Waals surface area contributed by atoms with E-state index < -0.39 is 0 Å². The Morgan fingerprint density at radius 1 is 1.12 bits per heavy atom. The van der Waals surface area contributed by atoms with Gasteiger partial charge in [-0.25, -0.2) is 0 Å². The van der Waals surface area contributed by atoms with Gasteiger partial charge in [-0.2, -0.15) is 0 Å². The molecule has 0 saturated heterocycles. The maximum atomic E-state index is 5.60. The maximum Gasteiger partial charge on any atom is 0.231 e. The van der Waals surface area contributed by atoms with Crippen LogP contribution in [-0.4, -0.2) is 33.5 Å². The van der Waals surface area contributed by atoms with E-state index in [9.17, 15) is 0 Å². The predicted octanol–water partition coefficient (Wildman–Crippen LogP) is 3.01. The van der Waals surface area contributed by atoms with Gasteiger partial charge in [-0.15, -0.1) is 0 Å². The van der Waals surface area contributed by atoms with Crippen LogP contribution in [0.4, 0.5) is 5.69 Å². The highest BCUT2D eigenvalue weighted by Crippen LogP contribution is 2.32. The van der Waals surface area contributed by atoms with Crippen LogP contribution in [0.3, 0.4) is 0 Å². The van der Waals surface area contributed by atoms with Crippen molar-refractivity contribution in [1.29, 1.82) is 0 Å². The lowest BCUT2D eigenvalue weighted by Gasteiger charge is -2.15. The van der Waals surface area contributed by atoms with Crippen molar-refractivity contribution in [2.75, 3.05) is 32.9 Å². The van der Waals surface area contributed by atoms with E-state index in [4.69, 9.17) is 18.9 Å². The molecule has 0 atom stereocenters. The molecule has 0 spiro atoms. The molecule has 3 rings (SSSR count). The molecular formula is C19H23N3O4. The van der Waals surface area contributed by atoms with E-state index in [1.807, 2.05) is 43.3 Å². The summed E-state index contributed by atoms with van der Waals surface area (Å²) < 4.78 is 21.6. The largest absolute Gasteiger partial charge is 0.493 e. The van der Waals surface area contributed by atoms with Crippen molar-refractivity contribution in [2.24, 2.45) is 4.99 Å². The number of aliphatic imine (C=N–C) groups is 1. The van der Waals surface area contributed by atoms with Crippen LogP contribution >= 0.6 is 0 Å². The fraction of sp³-hybridized carbons (Fsp3) is 0.316. The molecule has 0 aromatic heterocycles. The number of ether oxygens (including phenoxy) is 4. The first-order valence-corrected chi connectivity index (χ1v) is 8.40. The van der Waals surface area contributed by atoms with E-state index in [2.05, 4.69) is 15.6 Å². The van der Waals surface area contributed by atoms with Gasteiger partial charge in [0.1, 0.15) is 0 Å². The van der Waals surface area contributed by atoms with E-state index >= 15 is 0 Å². The lowest BCUT2D eigenvalue weighted by Crippen LogP contribution is -2.30. The second-order valence-corrected chi connectivity index (χ2v) is 5.54. The van der Waals surface area contributed by atoms with Gasteiger partial charge in [-0.1, -0.05) is 6.07 Å². The second-order valence-electron chi connectivity index (χ2n) is 5.54. The third-order valence-electron chi connectivity index (χ3n) is 3.85. The van der Waals surface area contributed by atoms with Crippen molar-refractivity contribution in [3.8, 4) is 23.0 Å². The summed E-state index contributed by atoms with van der Waals surface area (Å²) in [4.78, 5) is 4.26. The number of guanidine groups is 1. The number of anilines is 1. The van der Waals surface area contributed by atoms with Crippen molar-refractivity contribution in [2.45, 2.75) is 13.5 Å². The van der Waals surface area contributed by atoms with E-state index in [0.29, 0.717) is 30.6 Å². The molecule has 0 radical (unpaired) electrons. The van der Waals surface area contributed by atoms with Gasteiger partial charge in [0.2, 0.25) is 6.79 Å². The third-order valence-corrected chi connectivity index (χ3v) is 3.85. The molecule has 1 heterocycles. The Morgan fingerprint density at radius 3 is 2.73 bits per heavy atom. The molecule has 0 saturated carbocycles. The van der Waals surface area contributed by atoms with Crippen LogP contribution in [0.2, 0.25) is 0 Å². The number of nitrogens with zero attached hydrogens (tertiary/aromatic N) is 1.